The highest BCUT2D eigenvalue weighted by Gasteiger charge is 2.43. The first-order valence-electron chi connectivity index (χ1n) is 12.0. The molecule has 0 spiro atoms. The third-order valence-corrected chi connectivity index (χ3v) is 7.43. The topological polar surface area (TPSA) is 117 Å². The molecule has 1 heterocycles. The zero-order valence-corrected chi connectivity index (χ0v) is 21.5. The predicted octanol–water partition coefficient (Wildman–Crippen LogP) is 4.11. The number of H-pyrrole nitrogens is 1. The summed E-state index contributed by atoms with van der Waals surface area (Å²) in [6.45, 7) is 0.276. The van der Waals surface area contributed by atoms with Gasteiger partial charge in [-0.1, -0.05) is 6.07 Å². The van der Waals surface area contributed by atoms with E-state index >= 15 is 0 Å². The molecular weight excluding hydrogens is 546 g/mol. The summed E-state index contributed by atoms with van der Waals surface area (Å²) in [7, 11) is 0. The number of aromatic nitrogens is 1. The molecule has 37 heavy (non-hydrogen) atoms. The maximum atomic E-state index is 13.7. The number of amides is 3. The van der Waals surface area contributed by atoms with E-state index < -0.39 is 23.2 Å². The van der Waals surface area contributed by atoms with Crippen molar-refractivity contribution in [2.24, 2.45) is 11.7 Å². The van der Waals surface area contributed by atoms with Gasteiger partial charge in [-0.15, -0.1) is 0 Å². The van der Waals surface area contributed by atoms with Gasteiger partial charge in [-0.05, 0) is 95.6 Å². The molecule has 3 aromatic rings. The van der Waals surface area contributed by atoms with E-state index in [1.807, 2.05) is 0 Å². The lowest BCUT2D eigenvalue weighted by Crippen LogP contribution is -2.60. The summed E-state index contributed by atoms with van der Waals surface area (Å²) >= 11 is 3.11. The molecule has 0 saturated heterocycles. The van der Waals surface area contributed by atoms with Crippen LogP contribution in [0.2, 0.25) is 0 Å². The van der Waals surface area contributed by atoms with Crippen LogP contribution in [0, 0.1) is 17.6 Å². The average molecular weight is 573 g/mol. The molecule has 0 aliphatic heterocycles. The van der Waals surface area contributed by atoms with Crippen molar-refractivity contribution in [3.8, 4) is 0 Å². The quantitative estimate of drug-likeness (QED) is 0.304. The molecule has 0 atom stereocenters. The van der Waals surface area contributed by atoms with E-state index in [-0.39, 0.29) is 41.5 Å². The summed E-state index contributed by atoms with van der Waals surface area (Å²) < 4.78 is 27.4. The largest absolute Gasteiger partial charge is 0.369 e. The van der Waals surface area contributed by atoms with Crippen molar-refractivity contribution >= 4 is 50.6 Å². The van der Waals surface area contributed by atoms with Crippen molar-refractivity contribution in [1.82, 2.24) is 15.6 Å². The molecule has 5 N–H and O–H groups in total. The van der Waals surface area contributed by atoms with E-state index in [4.69, 9.17) is 5.73 Å². The van der Waals surface area contributed by atoms with Crippen LogP contribution in [0.25, 0.3) is 17.0 Å². The highest BCUT2D eigenvalue weighted by molar-refractivity contribution is 9.10. The predicted molar refractivity (Wildman–Crippen MR) is 140 cm³/mol. The van der Waals surface area contributed by atoms with Gasteiger partial charge in [0.1, 0.15) is 17.2 Å². The van der Waals surface area contributed by atoms with Crippen LogP contribution in [0.3, 0.4) is 0 Å². The van der Waals surface area contributed by atoms with Crippen molar-refractivity contribution in [2.45, 2.75) is 37.6 Å². The molecule has 194 valence electrons. The number of aromatic amines is 1. The Bertz CT molecular complexity index is 1360. The number of hydrogen-bond donors (Lipinski definition) is 4. The van der Waals surface area contributed by atoms with Crippen LogP contribution in [0.1, 0.15) is 36.8 Å². The number of hydrogen-bond acceptors (Lipinski definition) is 3. The average Bonchev–Trinajstić information content (AvgIpc) is 3.27. The first kappa shape index (κ1) is 26.5. The van der Waals surface area contributed by atoms with E-state index in [9.17, 15) is 23.2 Å². The van der Waals surface area contributed by atoms with E-state index in [2.05, 4.69) is 31.5 Å². The molecule has 1 fully saturated rings. The van der Waals surface area contributed by atoms with Crippen molar-refractivity contribution in [3.63, 3.8) is 0 Å². The molecular formula is C27H27BrF2N4O3. The van der Waals surface area contributed by atoms with Gasteiger partial charge in [-0.25, -0.2) is 8.78 Å². The Morgan fingerprint density at radius 1 is 1.14 bits per heavy atom. The lowest BCUT2D eigenvalue weighted by atomic mass is 9.75. The SMILES string of the molecule is NC(=O)C1CCC(NC(=O)/C=C/c2ccc(F)c(Br)c2)(C(=O)NCCc2c[nH]c3ccc(F)cc23)CC1. The van der Waals surface area contributed by atoms with E-state index in [0.717, 1.165) is 16.5 Å². The Kier molecular flexibility index (Phi) is 8.06. The Morgan fingerprint density at radius 2 is 1.89 bits per heavy atom. The lowest BCUT2D eigenvalue weighted by molar-refractivity contribution is -0.135. The maximum Gasteiger partial charge on any atom is 0.245 e. The van der Waals surface area contributed by atoms with Crippen LogP contribution >= 0.6 is 15.9 Å². The molecule has 0 unspecified atom stereocenters. The molecule has 7 nitrogen and oxygen atoms in total. The third-order valence-electron chi connectivity index (χ3n) is 6.82. The Morgan fingerprint density at radius 3 is 2.59 bits per heavy atom. The van der Waals surface area contributed by atoms with Crippen LogP contribution < -0.4 is 16.4 Å². The van der Waals surface area contributed by atoms with E-state index in [1.165, 1.54) is 42.5 Å². The molecule has 0 bridgehead atoms. The number of rotatable bonds is 8. The van der Waals surface area contributed by atoms with Gasteiger partial charge < -0.3 is 21.4 Å². The Balaban J connectivity index is 1.44. The van der Waals surface area contributed by atoms with Crippen LogP contribution in [-0.2, 0) is 20.8 Å². The smallest absolute Gasteiger partial charge is 0.245 e. The number of halogens is 3. The fourth-order valence-corrected chi connectivity index (χ4v) is 5.10. The van der Waals surface area contributed by atoms with Gasteiger partial charge in [0.25, 0.3) is 0 Å². The second-order valence-electron chi connectivity index (χ2n) is 9.26. The summed E-state index contributed by atoms with van der Waals surface area (Å²) in [6.07, 6.45) is 6.32. The first-order chi connectivity index (χ1) is 17.7. The van der Waals surface area contributed by atoms with Crippen LogP contribution in [0.5, 0.6) is 0 Å². The highest BCUT2D eigenvalue weighted by Crippen LogP contribution is 2.32. The van der Waals surface area contributed by atoms with Crippen LogP contribution in [0.15, 0.2) is 53.1 Å². The van der Waals surface area contributed by atoms with Gasteiger partial charge in [0.2, 0.25) is 17.7 Å². The molecule has 4 rings (SSSR count). The Hall–Kier alpha value is -3.53. The molecule has 1 aliphatic rings. The number of carbonyl (C=O) groups is 3. The molecule has 1 saturated carbocycles. The molecule has 2 aromatic carbocycles. The molecule has 10 heteroatoms. The second-order valence-corrected chi connectivity index (χ2v) is 10.1. The number of nitrogens with one attached hydrogen (secondary N) is 3. The zero-order chi connectivity index (χ0) is 26.6. The second kappa shape index (κ2) is 11.2. The summed E-state index contributed by atoms with van der Waals surface area (Å²) in [4.78, 5) is 40.9. The minimum Gasteiger partial charge on any atom is -0.369 e. The number of carbonyl (C=O) groups excluding carboxylic acids is 3. The number of primary amides is 1. The summed E-state index contributed by atoms with van der Waals surface area (Å²) in [5.74, 6) is -2.37. The van der Waals surface area contributed by atoms with Crippen molar-refractivity contribution in [3.05, 3.63) is 75.9 Å². The van der Waals surface area contributed by atoms with Crippen LogP contribution in [0.4, 0.5) is 8.78 Å². The monoisotopic (exact) mass is 572 g/mol. The first-order valence-corrected chi connectivity index (χ1v) is 12.7. The van der Waals surface area contributed by atoms with Gasteiger partial charge in [-0.3, -0.25) is 14.4 Å². The minimum atomic E-state index is -1.21. The van der Waals surface area contributed by atoms with Crippen LogP contribution in [-0.4, -0.2) is 34.8 Å². The van der Waals surface area contributed by atoms with E-state index in [1.54, 1.807) is 12.3 Å². The standard InChI is InChI=1S/C27H27BrF2N4O3/c28-21-13-16(1-4-22(21)30)2-6-24(35)34-27(10-7-17(8-11-27)25(31)36)26(37)32-12-9-18-15-33-23-5-3-19(29)14-20(18)23/h1-6,13-15,17,33H,7-12H2,(H2,31,36)(H,32,37)(H,34,35)/b6-2+. The number of fused-ring (bicyclic) bond motifs is 1. The fraction of sp³-hybridized carbons (Fsp3) is 0.296. The lowest BCUT2D eigenvalue weighted by Gasteiger charge is -2.38. The highest BCUT2D eigenvalue weighted by atomic mass is 79.9. The Labute approximate surface area is 221 Å². The fourth-order valence-electron chi connectivity index (χ4n) is 4.71. The molecule has 1 aromatic heterocycles. The van der Waals surface area contributed by atoms with Gasteiger partial charge >= 0.3 is 0 Å². The van der Waals surface area contributed by atoms with Gasteiger partial charge in [0.15, 0.2) is 0 Å². The molecule has 3 amide bonds. The molecule has 1 aliphatic carbocycles. The number of nitrogens with two attached hydrogens (primary N) is 1. The summed E-state index contributed by atoms with van der Waals surface area (Å²) in [6, 6.07) is 8.83. The van der Waals surface area contributed by atoms with Gasteiger partial charge in [0.05, 0.1) is 4.47 Å². The maximum absolute atomic E-state index is 13.7. The summed E-state index contributed by atoms with van der Waals surface area (Å²) in [5, 5.41) is 6.48. The van der Waals surface area contributed by atoms with Gasteiger partial charge in [0, 0.05) is 35.6 Å². The number of benzene rings is 2. The van der Waals surface area contributed by atoms with Crippen molar-refractivity contribution in [2.75, 3.05) is 6.54 Å². The molecule has 0 radical (unpaired) electrons. The summed E-state index contributed by atoms with van der Waals surface area (Å²) in [5.41, 5.74) is 6.52. The van der Waals surface area contributed by atoms with E-state index in [0.29, 0.717) is 24.8 Å². The van der Waals surface area contributed by atoms with Gasteiger partial charge in [-0.2, -0.15) is 0 Å². The zero-order valence-electron chi connectivity index (χ0n) is 20.0. The normalized spacial score (nSPS) is 19.7. The third kappa shape index (κ3) is 6.25. The minimum absolute atomic E-state index is 0.256. The van der Waals surface area contributed by atoms with Crippen molar-refractivity contribution in [1.29, 1.82) is 0 Å². The van der Waals surface area contributed by atoms with Crippen molar-refractivity contribution < 1.29 is 23.2 Å².